The van der Waals surface area contributed by atoms with E-state index in [0.717, 1.165) is 16.8 Å². The van der Waals surface area contributed by atoms with Crippen LogP contribution in [-0.4, -0.2) is 11.7 Å². The number of hydrogen-bond donors (Lipinski definition) is 3. The Bertz CT molecular complexity index is 398. The van der Waals surface area contributed by atoms with E-state index in [2.05, 4.69) is 5.32 Å². The van der Waals surface area contributed by atoms with Crippen molar-refractivity contribution in [1.29, 1.82) is 0 Å². The Kier molecular flexibility index (Phi) is 1.55. The maximum Gasteiger partial charge on any atom is 0.270 e. The van der Waals surface area contributed by atoms with E-state index in [-0.39, 0.29) is 11.7 Å². The van der Waals surface area contributed by atoms with Crippen LogP contribution in [0.1, 0.15) is 11.1 Å². The summed E-state index contributed by atoms with van der Waals surface area (Å²) in [6, 6.07) is 5.46. The fourth-order valence-electron chi connectivity index (χ4n) is 1.39. The van der Waals surface area contributed by atoms with Gasteiger partial charge in [-0.1, -0.05) is 6.07 Å². The van der Waals surface area contributed by atoms with Crippen molar-refractivity contribution < 1.29 is 10.2 Å². The summed E-state index contributed by atoms with van der Waals surface area (Å²) >= 11 is 0. The normalized spacial score (nSPS) is 13.7. The van der Waals surface area contributed by atoms with Crippen LogP contribution < -0.4 is 16.5 Å². The van der Waals surface area contributed by atoms with Crippen molar-refractivity contribution in [1.82, 2.24) is 0 Å². The number of hydrogen-bond acceptors (Lipinski definition) is 1. The second-order valence-corrected chi connectivity index (χ2v) is 3.05. The number of nitrogens with one attached hydrogen (secondary N) is 1. The number of rotatable bonds is 1. The largest absolute Gasteiger partial charge is 0.326 e. The van der Waals surface area contributed by atoms with E-state index in [1.807, 2.05) is 12.1 Å². The summed E-state index contributed by atoms with van der Waals surface area (Å²) in [6.07, 6.45) is 0.445. The number of anilines is 1. The van der Waals surface area contributed by atoms with Gasteiger partial charge >= 0.3 is 0 Å². The molecule has 0 unspecified atom stereocenters. The predicted molar refractivity (Wildman–Crippen MR) is 49.0 cm³/mol. The van der Waals surface area contributed by atoms with Gasteiger partial charge in [0.25, 0.3) is 5.84 Å². The highest BCUT2D eigenvalue weighted by Crippen LogP contribution is 2.23. The smallest absolute Gasteiger partial charge is 0.270 e. The van der Waals surface area contributed by atoms with Crippen LogP contribution in [0.5, 0.6) is 0 Å². The molecule has 1 aromatic rings. The van der Waals surface area contributed by atoms with Crippen LogP contribution in [0.2, 0.25) is 0 Å². The van der Waals surface area contributed by atoms with Crippen LogP contribution in [0.15, 0.2) is 18.2 Å². The van der Waals surface area contributed by atoms with Crippen molar-refractivity contribution in [2.45, 2.75) is 6.42 Å². The zero-order chi connectivity index (χ0) is 9.42. The van der Waals surface area contributed by atoms with Crippen molar-refractivity contribution >= 4 is 17.4 Å². The number of carbonyl (C=O) groups is 1. The van der Waals surface area contributed by atoms with Gasteiger partial charge in [-0.25, -0.2) is 0 Å². The molecule has 4 heteroatoms. The van der Waals surface area contributed by atoms with E-state index < -0.39 is 0 Å². The van der Waals surface area contributed by atoms with Gasteiger partial charge in [0.2, 0.25) is 5.91 Å². The van der Waals surface area contributed by atoms with Crippen LogP contribution >= 0.6 is 0 Å². The van der Waals surface area contributed by atoms with E-state index >= 15 is 0 Å². The molecule has 0 saturated carbocycles. The first-order valence-electron chi connectivity index (χ1n) is 3.98. The second kappa shape index (κ2) is 2.58. The van der Waals surface area contributed by atoms with E-state index in [0.29, 0.717) is 6.42 Å². The summed E-state index contributed by atoms with van der Waals surface area (Å²) in [5, 5.41) is 8.15. The number of amidine groups is 1. The lowest BCUT2D eigenvalue weighted by molar-refractivity contribution is -0.115. The number of nitrogens with two attached hydrogens (primary N) is 2. The molecule has 0 atom stereocenters. The lowest BCUT2D eigenvalue weighted by Crippen LogP contribution is -2.46. The van der Waals surface area contributed by atoms with Crippen LogP contribution in [-0.2, 0) is 11.2 Å². The SMILES string of the molecule is NC(=[NH2+])c1ccc2c(c1)NC(=O)C2. The van der Waals surface area contributed by atoms with Gasteiger partial charge < -0.3 is 5.32 Å². The number of fused-ring (bicyclic) bond motifs is 1. The highest BCUT2D eigenvalue weighted by molar-refractivity contribution is 6.01. The Balaban J connectivity index is 2.45. The third-order valence-electron chi connectivity index (χ3n) is 2.07. The summed E-state index contributed by atoms with van der Waals surface area (Å²) in [5.74, 6) is 0.284. The second-order valence-electron chi connectivity index (χ2n) is 3.05. The van der Waals surface area contributed by atoms with E-state index in [9.17, 15) is 4.79 Å². The number of carbonyl (C=O) groups excluding carboxylic acids is 1. The summed E-state index contributed by atoms with van der Waals surface area (Å²) in [4.78, 5) is 11.0. The predicted octanol–water partition coefficient (Wildman–Crippen LogP) is -1.35. The van der Waals surface area contributed by atoms with Crippen molar-refractivity contribution in [2.75, 3.05) is 5.32 Å². The average Bonchev–Trinajstić information content (AvgIpc) is 2.42. The molecule has 0 saturated heterocycles. The van der Waals surface area contributed by atoms with Gasteiger partial charge in [0.15, 0.2) is 0 Å². The molecule has 0 aromatic heterocycles. The first kappa shape index (κ1) is 7.79. The fourth-order valence-corrected chi connectivity index (χ4v) is 1.39. The molecule has 0 aliphatic carbocycles. The quantitative estimate of drug-likeness (QED) is 0.365. The summed E-state index contributed by atoms with van der Waals surface area (Å²) in [6.45, 7) is 0. The molecule has 0 radical (unpaired) electrons. The molecule has 2 rings (SSSR count). The third kappa shape index (κ3) is 1.26. The lowest BCUT2D eigenvalue weighted by atomic mass is 10.1. The molecule has 66 valence electrons. The van der Waals surface area contributed by atoms with E-state index in [1.54, 1.807) is 6.07 Å². The molecular weight excluding hydrogens is 166 g/mol. The number of amides is 1. The molecule has 1 aliphatic heterocycles. The van der Waals surface area contributed by atoms with Gasteiger partial charge in [-0.2, -0.15) is 0 Å². The average molecular weight is 176 g/mol. The molecular formula is C9H10N3O+. The maximum absolute atomic E-state index is 11.0. The molecule has 0 bridgehead atoms. The zero-order valence-corrected chi connectivity index (χ0v) is 7.00. The molecule has 1 heterocycles. The molecule has 4 nitrogen and oxygen atoms in total. The van der Waals surface area contributed by atoms with Gasteiger partial charge in [-0.3, -0.25) is 15.9 Å². The summed E-state index contributed by atoms with van der Waals surface area (Å²) in [7, 11) is 0. The standard InChI is InChI=1S/C9H9N3O/c10-9(11)6-2-1-5-4-8(13)12-7(5)3-6/h1-3H,4H2,(H3,10,11)(H,12,13)/p+1. The van der Waals surface area contributed by atoms with Crippen LogP contribution in [0.3, 0.4) is 0 Å². The lowest BCUT2D eigenvalue weighted by Gasteiger charge is -1.98. The molecule has 13 heavy (non-hydrogen) atoms. The molecule has 1 amide bonds. The Hall–Kier alpha value is -1.84. The van der Waals surface area contributed by atoms with Gasteiger partial charge in [0.1, 0.15) is 0 Å². The first-order chi connectivity index (χ1) is 6.16. The van der Waals surface area contributed by atoms with E-state index in [4.69, 9.17) is 11.1 Å². The highest BCUT2D eigenvalue weighted by Gasteiger charge is 2.18. The first-order valence-corrected chi connectivity index (χ1v) is 3.98. The zero-order valence-electron chi connectivity index (χ0n) is 7.00. The minimum atomic E-state index is 0.0164. The van der Waals surface area contributed by atoms with Gasteiger partial charge in [0, 0.05) is 5.69 Å². The summed E-state index contributed by atoms with van der Waals surface area (Å²) < 4.78 is 0. The molecule has 1 aromatic carbocycles. The maximum atomic E-state index is 11.0. The summed E-state index contributed by atoms with van der Waals surface area (Å²) in [5.41, 5.74) is 7.99. The minimum Gasteiger partial charge on any atom is -0.326 e. The highest BCUT2D eigenvalue weighted by atomic mass is 16.1. The van der Waals surface area contributed by atoms with Gasteiger partial charge in [-0.05, 0) is 17.7 Å². The molecule has 0 spiro atoms. The fraction of sp³-hybridized carbons (Fsp3) is 0.111. The molecule has 5 N–H and O–H groups in total. The van der Waals surface area contributed by atoms with Crippen molar-refractivity contribution in [3.8, 4) is 0 Å². The Morgan fingerprint density at radius 1 is 1.54 bits per heavy atom. The molecule has 1 aliphatic rings. The number of benzene rings is 1. The van der Waals surface area contributed by atoms with Gasteiger partial charge in [-0.15, -0.1) is 0 Å². The topological polar surface area (TPSA) is 80.7 Å². The van der Waals surface area contributed by atoms with Crippen LogP contribution in [0, 0.1) is 0 Å². The van der Waals surface area contributed by atoms with Crippen molar-refractivity contribution in [2.24, 2.45) is 5.73 Å². The van der Waals surface area contributed by atoms with Crippen LogP contribution in [0.4, 0.5) is 5.69 Å². The Morgan fingerprint density at radius 3 is 3.00 bits per heavy atom. The molecule has 0 fully saturated rings. The van der Waals surface area contributed by atoms with Gasteiger partial charge in [0.05, 0.1) is 12.0 Å². The van der Waals surface area contributed by atoms with Crippen LogP contribution in [0.25, 0.3) is 0 Å². The Labute approximate surface area is 75.3 Å². The van der Waals surface area contributed by atoms with E-state index in [1.165, 1.54) is 0 Å². The third-order valence-corrected chi connectivity index (χ3v) is 2.07. The van der Waals surface area contributed by atoms with Crippen molar-refractivity contribution in [3.63, 3.8) is 0 Å². The Morgan fingerprint density at radius 2 is 2.31 bits per heavy atom. The minimum absolute atomic E-state index is 0.0164. The monoisotopic (exact) mass is 176 g/mol. The van der Waals surface area contributed by atoms with Crippen molar-refractivity contribution in [3.05, 3.63) is 29.3 Å².